The number of anilines is 1. The smallest absolute Gasteiger partial charge is 0.335 e. The number of benzene rings is 3. The highest BCUT2D eigenvalue weighted by molar-refractivity contribution is 6.36. The van der Waals surface area contributed by atoms with E-state index in [0.717, 1.165) is 22.3 Å². The molecule has 3 aliphatic carbocycles. The lowest BCUT2D eigenvalue weighted by molar-refractivity contribution is -0.140. The lowest BCUT2D eigenvalue weighted by Gasteiger charge is -2.54. The summed E-state index contributed by atoms with van der Waals surface area (Å²) in [6.45, 7) is 0.222. The number of unbranched alkanes of at least 4 members (excludes halogenated alkanes) is 2. The topological polar surface area (TPSA) is 104 Å². The largest absolute Gasteiger partial charge is 0.478 e. The van der Waals surface area contributed by atoms with Gasteiger partial charge in [-0.2, -0.15) is 0 Å². The first-order valence-corrected chi connectivity index (χ1v) is 14.0. The van der Waals surface area contributed by atoms with Gasteiger partial charge in [-0.15, -0.1) is 23.2 Å². The molecule has 1 heterocycles. The quantitative estimate of drug-likeness (QED) is 0.210. The zero-order valence-electron chi connectivity index (χ0n) is 21.4. The van der Waals surface area contributed by atoms with Crippen LogP contribution >= 0.6 is 23.2 Å². The maximum absolute atomic E-state index is 13.8. The number of rotatable bonds is 8. The number of likely N-dealkylation sites (tertiary alicyclic amines) is 1. The molecule has 0 unspecified atom stereocenters. The molecule has 7 rings (SSSR count). The van der Waals surface area contributed by atoms with Gasteiger partial charge in [-0.3, -0.25) is 19.3 Å². The summed E-state index contributed by atoms with van der Waals surface area (Å²) < 4.78 is 0. The fourth-order valence-corrected chi connectivity index (χ4v) is 7.73. The molecule has 2 bridgehead atoms. The van der Waals surface area contributed by atoms with E-state index in [1.54, 1.807) is 12.1 Å². The Morgan fingerprint density at radius 3 is 1.80 bits per heavy atom. The predicted octanol–water partition coefficient (Wildman–Crippen LogP) is 5.48. The molecule has 9 heteroatoms. The fraction of sp³-hybridized carbons (Fsp3) is 0.290. The van der Waals surface area contributed by atoms with Crippen molar-refractivity contribution in [1.29, 1.82) is 0 Å². The van der Waals surface area contributed by atoms with Crippen molar-refractivity contribution < 1.29 is 24.3 Å². The molecule has 0 radical (unpaired) electrons. The highest BCUT2D eigenvalue weighted by Gasteiger charge is 2.72. The Bertz CT molecular complexity index is 1450. The van der Waals surface area contributed by atoms with Crippen LogP contribution in [0.4, 0.5) is 5.69 Å². The minimum atomic E-state index is -1.19. The molecule has 0 aromatic heterocycles. The van der Waals surface area contributed by atoms with E-state index >= 15 is 0 Å². The van der Waals surface area contributed by atoms with Crippen molar-refractivity contribution in [3.05, 3.63) is 101 Å². The summed E-state index contributed by atoms with van der Waals surface area (Å²) in [6, 6.07) is 21.1. The Kier molecular flexibility index (Phi) is 6.47. The van der Waals surface area contributed by atoms with Gasteiger partial charge in [-0.25, -0.2) is 4.79 Å². The fourth-order valence-electron chi connectivity index (χ4n) is 6.63. The number of carboxylic acids is 1. The highest BCUT2D eigenvalue weighted by Crippen LogP contribution is 2.69. The lowest BCUT2D eigenvalue weighted by Crippen LogP contribution is -2.57. The zero-order chi connectivity index (χ0) is 28.2. The van der Waals surface area contributed by atoms with Crippen molar-refractivity contribution in [3.8, 4) is 0 Å². The molecule has 40 heavy (non-hydrogen) atoms. The SMILES string of the molecule is O=C(CCCCCN1C(=O)[C@@H]2[C@H](C1=O)C1(Cl)c3ccccc3C2(Cl)c2ccccc21)Nc1cccc(C(=O)O)c1. The lowest BCUT2D eigenvalue weighted by atomic mass is 9.54. The Hall–Kier alpha value is -3.68. The first kappa shape index (κ1) is 26.5. The van der Waals surface area contributed by atoms with E-state index in [1.807, 2.05) is 48.5 Å². The van der Waals surface area contributed by atoms with Crippen molar-refractivity contribution in [1.82, 2.24) is 4.90 Å². The Balaban J connectivity index is 1.14. The van der Waals surface area contributed by atoms with Crippen molar-refractivity contribution in [2.45, 2.75) is 35.4 Å². The maximum Gasteiger partial charge on any atom is 0.335 e. The van der Waals surface area contributed by atoms with E-state index in [9.17, 15) is 19.2 Å². The standard InChI is InChI=1S/C31H26Cl2N2O5/c32-30-20-11-3-4-12-21(20)31(33,23-14-6-5-13-22(23)30)26-25(30)27(37)35(28(26)38)16-7-1-2-15-24(36)34-19-10-8-9-18(17-19)29(39)40/h3-6,8-14,17,25-26H,1-2,7,15-16H2,(H,34,36)(H,39,40)/t25-,26+,30?,31?. The minimum Gasteiger partial charge on any atom is -0.478 e. The number of amides is 3. The van der Waals surface area contributed by atoms with Crippen LogP contribution in [0.15, 0.2) is 72.8 Å². The molecular weight excluding hydrogens is 551 g/mol. The molecular formula is C31H26Cl2N2O5. The van der Waals surface area contributed by atoms with Crippen LogP contribution in [0.1, 0.15) is 58.3 Å². The normalized spacial score (nSPS) is 25.8. The molecule has 4 aliphatic rings. The molecule has 0 spiro atoms. The molecule has 2 atom stereocenters. The minimum absolute atomic E-state index is 0.0930. The van der Waals surface area contributed by atoms with Crippen molar-refractivity contribution in [2.24, 2.45) is 11.8 Å². The van der Waals surface area contributed by atoms with Crippen LogP contribution in [0.5, 0.6) is 0 Å². The van der Waals surface area contributed by atoms with Crippen molar-refractivity contribution >= 4 is 52.6 Å². The molecule has 0 saturated carbocycles. The first-order valence-electron chi connectivity index (χ1n) is 13.2. The van der Waals surface area contributed by atoms with Crippen LogP contribution in [0, 0.1) is 11.8 Å². The average Bonchev–Trinajstić information content (AvgIpc) is 3.22. The van der Waals surface area contributed by atoms with Crippen molar-refractivity contribution in [2.75, 3.05) is 11.9 Å². The van der Waals surface area contributed by atoms with Gasteiger partial charge in [-0.05, 0) is 53.3 Å². The summed E-state index contributed by atoms with van der Waals surface area (Å²) >= 11 is 14.8. The Morgan fingerprint density at radius 1 is 0.775 bits per heavy atom. The van der Waals surface area contributed by atoms with Crippen LogP contribution in [0.3, 0.4) is 0 Å². The van der Waals surface area contributed by atoms with Crippen LogP contribution in [0.2, 0.25) is 0 Å². The first-order chi connectivity index (χ1) is 19.2. The Morgan fingerprint density at radius 2 is 1.30 bits per heavy atom. The molecule has 7 nitrogen and oxygen atoms in total. The number of hydrogen-bond acceptors (Lipinski definition) is 4. The molecule has 1 aliphatic heterocycles. The summed E-state index contributed by atoms with van der Waals surface area (Å²) in [6.07, 6.45) is 1.92. The number of imide groups is 1. The number of hydrogen-bond donors (Lipinski definition) is 2. The second kappa shape index (κ2) is 9.75. The third kappa shape index (κ3) is 3.79. The van der Waals surface area contributed by atoms with Crippen molar-refractivity contribution in [3.63, 3.8) is 0 Å². The maximum atomic E-state index is 13.8. The van der Waals surface area contributed by atoms with E-state index in [-0.39, 0.29) is 36.3 Å². The Labute approximate surface area is 241 Å². The molecule has 3 aromatic rings. The third-order valence-corrected chi connectivity index (χ3v) is 9.64. The van der Waals surface area contributed by atoms with Gasteiger partial charge in [0.25, 0.3) is 0 Å². The van der Waals surface area contributed by atoms with Gasteiger partial charge in [0.1, 0.15) is 9.75 Å². The van der Waals surface area contributed by atoms with E-state index in [4.69, 9.17) is 28.3 Å². The van der Waals surface area contributed by atoms with Crippen LogP contribution in [-0.4, -0.2) is 40.2 Å². The van der Waals surface area contributed by atoms with Gasteiger partial charge < -0.3 is 10.4 Å². The van der Waals surface area contributed by atoms with Gasteiger partial charge >= 0.3 is 5.97 Å². The van der Waals surface area contributed by atoms with Gasteiger partial charge in [0, 0.05) is 18.7 Å². The zero-order valence-corrected chi connectivity index (χ0v) is 22.9. The molecule has 3 amide bonds. The van der Waals surface area contributed by atoms with E-state index in [0.29, 0.717) is 24.9 Å². The molecule has 3 aromatic carbocycles. The number of carbonyl (C=O) groups is 4. The summed E-state index contributed by atoms with van der Waals surface area (Å²) in [7, 11) is 0. The molecule has 204 valence electrons. The number of halogens is 2. The third-order valence-electron chi connectivity index (χ3n) is 8.36. The second-order valence-corrected chi connectivity index (χ2v) is 11.7. The van der Waals surface area contributed by atoms with Gasteiger partial charge in [0.15, 0.2) is 0 Å². The predicted molar refractivity (Wildman–Crippen MR) is 150 cm³/mol. The number of carboxylic acid groups (broad SMARTS) is 1. The number of aromatic carboxylic acids is 1. The summed E-state index contributed by atoms with van der Waals surface area (Å²) in [5, 5.41) is 11.8. The van der Waals surface area contributed by atoms with Gasteiger partial charge in [0.2, 0.25) is 17.7 Å². The van der Waals surface area contributed by atoms with E-state index in [1.165, 1.54) is 17.0 Å². The number of carbonyl (C=O) groups excluding carboxylic acids is 3. The average molecular weight is 577 g/mol. The molecule has 2 N–H and O–H groups in total. The monoisotopic (exact) mass is 576 g/mol. The number of alkyl halides is 2. The summed E-state index contributed by atoms with van der Waals surface area (Å²) in [5.41, 5.74) is 3.60. The molecule has 1 fully saturated rings. The summed E-state index contributed by atoms with van der Waals surface area (Å²) in [5.74, 6) is -3.54. The highest BCUT2D eigenvalue weighted by atomic mass is 35.5. The molecule has 1 saturated heterocycles. The van der Waals surface area contributed by atoms with Gasteiger partial charge in [-0.1, -0.05) is 61.0 Å². The summed E-state index contributed by atoms with van der Waals surface area (Å²) in [4.78, 5) is 50.0. The van der Waals surface area contributed by atoms with Crippen LogP contribution in [-0.2, 0) is 24.1 Å². The number of nitrogens with one attached hydrogen (secondary N) is 1. The van der Waals surface area contributed by atoms with E-state index in [2.05, 4.69) is 5.32 Å². The van der Waals surface area contributed by atoms with Crippen LogP contribution in [0.25, 0.3) is 0 Å². The second-order valence-electron chi connectivity index (χ2n) is 10.5. The van der Waals surface area contributed by atoms with E-state index < -0.39 is 27.6 Å². The van der Waals surface area contributed by atoms with Gasteiger partial charge in [0.05, 0.1) is 17.4 Å². The number of nitrogens with zero attached hydrogens (tertiary/aromatic N) is 1. The van der Waals surface area contributed by atoms with Crippen LogP contribution < -0.4 is 5.32 Å².